The molecule has 0 fully saturated rings. The molecule has 0 aliphatic carbocycles. The first-order valence-electron chi connectivity index (χ1n) is 7.79. The first kappa shape index (κ1) is 15.0. The highest BCUT2D eigenvalue weighted by molar-refractivity contribution is 7.10. The largest absolute Gasteiger partial charge is 0.494 e. The van der Waals surface area contributed by atoms with Crippen LogP contribution in [0.1, 0.15) is 20.8 Å². The number of nitrogens with zero attached hydrogens (tertiary/aromatic N) is 3. The second-order valence-corrected chi connectivity index (χ2v) is 6.69. The number of hydrogen-bond donors (Lipinski definition) is 0. The lowest BCUT2D eigenvalue weighted by atomic mass is 10.1. The number of carbonyl (C=O) groups excluding carboxylic acids is 1. The van der Waals surface area contributed by atoms with E-state index in [1.165, 1.54) is 10.4 Å². The average molecular weight is 339 g/mol. The summed E-state index contributed by atoms with van der Waals surface area (Å²) in [6.07, 6.45) is 4.32. The van der Waals surface area contributed by atoms with Gasteiger partial charge in [0.1, 0.15) is 11.4 Å². The summed E-state index contributed by atoms with van der Waals surface area (Å²) in [7, 11) is 1.63. The highest BCUT2D eigenvalue weighted by Gasteiger charge is 2.23. The molecule has 0 atom stereocenters. The Balaban J connectivity index is 1.58. The number of benzene rings is 1. The van der Waals surface area contributed by atoms with E-state index < -0.39 is 0 Å². The van der Waals surface area contributed by atoms with Crippen molar-refractivity contribution in [3.05, 3.63) is 64.1 Å². The van der Waals surface area contributed by atoms with Gasteiger partial charge in [-0.1, -0.05) is 12.1 Å². The second kappa shape index (κ2) is 6.13. The summed E-state index contributed by atoms with van der Waals surface area (Å²) in [4.78, 5) is 16.1. The predicted molar refractivity (Wildman–Crippen MR) is 92.9 cm³/mol. The molecule has 4 rings (SSSR count). The van der Waals surface area contributed by atoms with Crippen molar-refractivity contribution in [1.29, 1.82) is 0 Å². The van der Waals surface area contributed by atoms with Crippen LogP contribution in [0.4, 0.5) is 0 Å². The predicted octanol–water partition coefficient (Wildman–Crippen LogP) is 3.14. The summed E-state index contributed by atoms with van der Waals surface area (Å²) in [6.45, 7) is 1.43. The minimum absolute atomic E-state index is 0.0213. The monoisotopic (exact) mass is 339 g/mol. The van der Waals surface area contributed by atoms with Crippen LogP contribution in [-0.2, 0) is 13.0 Å². The number of amides is 1. The number of aromatic nitrogens is 2. The summed E-state index contributed by atoms with van der Waals surface area (Å²) in [6, 6.07) is 9.73. The Hall–Kier alpha value is -2.60. The molecular weight excluding hydrogens is 322 g/mol. The Morgan fingerprint density at radius 3 is 3.04 bits per heavy atom. The minimum atomic E-state index is 0.0213. The van der Waals surface area contributed by atoms with Gasteiger partial charge in [0.25, 0.3) is 5.91 Å². The van der Waals surface area contributed by atoms with Gasteiger partial charge in [0.2, 0.25) is 0 Å². The lowest BCUT2D eigenvalue weighted by Crippen LogP contribution is -2.35. The van der Waals surface area contributed by atoms with Crippen LogP contribution in [0.3, 0.4) is 0 Å². The molecule has 0 saturated carbocycles. The van der Waals surface area contributed by atoms with Crippen LogP contribution < -0.4 is 4.74 Å². The number of hydrogen-bond acceptors (Lipinski definition) is 4. The summed E-state index contributed by atoms with van der Waals surface area (Å²) in [5, 5.41) is 6.43. The molecule has 1 aliphatic rings. The third-order valence-electron chi connectivity index (χ3n) is 4.26. The summed E-state index contributed by atoms with van der Waals surface area (Å²) < 4.78 is 7.05. The summed E-state index contributed by atoms with van der Waals surface area (Å²) >= 11 is 1.77. The molecule has 1 aliphatic heterocycles. The molecule has 0 radical (unpaired) electrons. The molecule has 0 saturated heterocycles. The van der Waals surface area contributed by atoms with E-state index in [1.807, 2.05) is 29.2 Å². The second-order valence-electron chi connectivity index (χ2n) is 5.69. The van der Waals surface area contributed by atoms with E-state index >= 15 is 0 Å². The van der Waals surface area contributed by atoms with E-state index in [-0.39, 0.29) is 5.91 Å². The van der Waals surface area contributed by atoms with Gasteiger partial charge >= 0.3 is 0 Å². The van der Waals surface area contributed by atoms with E-state index in [4.69, 9.17) is 4.74 Å². The standard InChI is InChI=1S/C18H17N3O2S/c1-23-16-5-3-2-4-15(16)21-12-14(10-19-21)18(22)20-8-6-17-13(11-20)7-9-24-17/h2-5,7,9-10,12H,6,8,11H2,1H3. The number of para-hydroxylation sites is 2. The molecule has 3 heterocycles. The molecular formula is C18H17N3O2S. The molecule has 0 spiro atoms. The van der Waals surface area contributed by atoms with Gasteiger partial charge in [-0.2, -0.15) is 5.10 Å². The van der Waals surface area contributed by atoms with Gasteiger partial charge in [-0.3, -0.25) is 4.79 Å². The van der Waals surface area contributed by atoms with Gasteiger partial charge in [-0.15, -0.1) is 11.3 Å². The number of thiophene rings is 1. The van der Waals surface area contributed by atoms with E-state index in [0.717, 1.165) is 24.4 Å². The quantitative estimate of drug-likeness (QED) is 0.736. The molecule has 6 heteroatoms. The first-order chi connectivity index (χ1) is 11.8. The molecule has 0 N–H and O–H groups in total. The van der Waals surface area contributed by atoms with Crippen LogP contribution in [0, 0.1) is 0 Å². The maximum Gasteiger partial charge on any atom is 0.257 e. The Bertz CT molecular complexity index is 884. The van der Waals surface area contributed by atoms with Gasteiger partial charge in [-0.25, -0.2) is 4.68 Å². The number of rotatable bonds is 3. The Morgan fingerprint density at radius 2 is 2.17 bits per heavy atom. The summed E-state index contributed by atoms with van der Waals surface area (Å²) in [5.41, 5.74) is 2.68. The number of fused-ring (bicyclic) bond motifs is 1. The van der Waals surface area contributed by atoms with Crippen LogP contribution in [0.5, 0.6) is 5.75 Å². The van der Waals surface area contributed by atoms with Crippen LogP contribution in [0.2, 0.25) is 0 Å². The Morgan fingerprint density at radius 1 is 1.29 bits per heavy atom. The van der Waals surface area contributed by atoms with E-state index in [1.54, 1.807) is 35.5 Å². The molecule has 3 aromatic rings. The molecule has 1 aromatic carbocycles. The first-order valence-corrected chi connectivity index (χ1v) is 8.67. The van der Waals surface area contributed by atoms with Crippen LogP contribution in [0.15, 0.2) is 48.1 Å². The van der Waals surface area contributed by atoms with Gasteiger partial charge in [0, 0.05) is 24.2 Å². The maximum absolute atomic E-state index is 12.8. The third kappa shape index (κ3) is 2.59. The Labute approximate surface area is 144 Å². The fourth-order valence-electron chi connectivity index (χ4n) is 2.99. The van der Waals surface area contributed by atoms with Crippen molar-refractivity contribution in [3.63, 3.8) is 0 Å². The van der Waals surface area contributed by atoms with Crippen molar-refractivity contribution in [3.8, 4) is 11.4 Å². The van der Waals surface area contributed by atoms with E-state index in [0.29, 0.717) is 12.1 Å². The smallest absolute Gasteiger partial charge is 0.257 e. The van der Waals surface area contributed by atoms with E-state index in [9.17, 15) is 4.79 Å². The number of carbonyl (C=O) groups is 1. The molecule has 122 valence electrons. The van der Waals surface area contributed by atoms with Crippen LogP contribution in [-0.4, -0.2) is 34.2 Å². The average Bonchev–Trinajstić information content (AvgIpc) is 3.29. The molecule has 5 nitrogen and oxygen atoms in total. The van der Waals surface area contributed by atoms with Crippen molar-refractivity contribution in [1.82, 2.24) is 14.7 Å². The van der Waals surface area contributed by atoms with E-state index in [2.05, 4.69) is 16.5 Å². The topological polar surface area (TPSA) is 47.4 Å². The zero-order valence-electron chi connectivity index (χ0n) is 13.3. The molecule has 0 unspecified atom stereocenters. The van der Waals surface area contributed by atoms with Crippen molar-refractivity contribution in [2.24, 2.45) is 0 Å². The molecule has 2 aromatic heterocycles. The van der Waals surface area contributed by atoms with Gasteiger partial charge in [0.05, 0.1) is 18.9 Å². The lowest BCUT2D eigenvalue weighted by Gasteiger charge is -2.26. The number of ether oxygens (including phenoxy) is 1. The number of methoxy groups -OCH3 is 1. The minimum Gasteiger partial charge on any atom is -0.494 e. The zero-order valence-corrected chi connectivity index (χ0v) is 14.1. The molecule has 0 bridgehead atoms. The van der Waals surface area contributed by atoms with Crippen molar-refractivity contribution in [2.75, 3.05) is 13.7 Å². The van der Waals surface area contributed by atoms with Crippen LogP contribution in [0.25, 0.3) is 5.69 Å². The molecule has 1 amide bonds. The van der Waals surface area contributed by atoms with Gasteiger partial charge in [0.15, 0.2) is 0 Å². The maximum atomic E-state index is 12.8. The van der Waals surface area contributed by atoms with Gasteiger partial charge < -0.3 is 9.64 Å². The van der Waals surface area contributed by atoms with Crippen LogP contribution >= 0.6 is 11.3 Å². The zero-order chi connectivity index (χ0) is 16.5. The SMILES string of the molecule is COc1ccccc1-n1cc(C(=O)N2CCc3sccc3C2)cn1. The Kier molecular flexibility index (Phi) is 3.82. The fourth-order valence-corrected chi connectivity index (χ4v) is 3.88. The van der Waals surface area contributed by atoms with Crippen molar-refractivity contribution >= 4 is 17.2 Å². The van der Waals surface area contributed by atoms with Gasteiger partial charge in [-0.05, 0) is 35.6 Å². The lowest BCUT2D eigenvalue weighted by molar-refractivity contribution is 0.0736. The normalized spacial score (nSPS) is 13.6. The highest BCUT2D eigenvalue weighted by atomic mass is 32.1. The van der Waals surface area contributed by atoms with Crippen molar-refractivity contribution < 1.29 is 9.53 Å². The molecule has 24 heavy (non-hydrogen) atoms. The fraction of sp³-hybridized carbons (Fsp3) is 0.222. The third-order valence-corrected chi connectivity index (χ3v) is 5.28. The summed E-state index contributed by atoms with van der Waals surface area (Å²) in [5.74, 6) is 0.744. The van der Waals surface area contributed by atoms with Crippen molar-refractivity contribution in [2.45, 2.75) is 13.0 Å². The highest BCUT2D eigenvalue weighted by Crippen LogP contribution is 2.26.